The fraction of sp³-hybridized carbons (Fsp3) is 0.833. The van der Waals surface area contributed by atoms with Crippen molar-refractivity contribution in [2.75, 3.05) is 19.6 Å². The molecule has 1 unspecified atom stereocenters. The Morgan fingerprint density at radius 2 is 2.08 bits per heavy atom. The van der Waals surface area contributed by atoms with Crippen molar-refractivity contribution in [1.82, 2.24) is 19.2 Å². The third-order valence-corrected chi connectivity index (χ3v) is 6.24. The van der Waals surface area contributed by atoms with E-state index in [1.54, 1.807) is 6.33 Å². The topological polar surface area (TPSA) is 56.1 Å². The van der Waals surface area contributed by atoms with Crippen LogP contribution >= 0.6 is 0 Å². The Morgan fingerprint density at radius 1 is 1.38 bits per heavy atom. The lowest BCUT2D eigenvalue weighted by atomic mass is 10.0. The quantitative estimate of drug-likeness (QED) is 0.693. The highest BCUT2D eigenvalue weighted by molar-refractivity contribution is 7.90. The van der Waals surface area contributed by atoms with Crippen LogP contribution in [0, 0.1) is 11.8 Å². The lowest BCUT2D eigenvalue weighted by molar-refractivity contribution is 0.0975. The molecule has 8 heteroatoms. The Bertz CT molecular complexity index is 562. The van der Waals surface area contributed by atoms with Crippen LogP contribution < -0.4 is 4.72 Å². The fourth-order valence-corrected chi connectivity index (χ4v) is 4.17. The van der Waals surface area contributed by atoms with Crippen molar-refractivity contribution in [2.45, 2.75) is 64.8 Å². The van der Waals surface area contributed by atoms with Crippen LogP contribution in [0.4, 0.5) is 8.78 Å². The SMILES string of the molecule is CC(C)[C@H](N[S+]([O-])C(C)(C)C)c1cn(C[C@H]2CCN(CC(F)F)C2)cn1. The third-order valence-electron chi connectivity index (χ3n) is 4.66. The van der Waals surface area contributed by atoms with E-state index in [9.17, 15) is 13.3 Å². The predicted octanol–water partition coefficient (Wildman–Crippen LogP) is 3.22. The van der Waals surface area contributed by atoms with Gasteiger partial charge in [-0.05, 0) is 45.6 Å². The average Bonchev–Trinajstić information content (AvgIpc) is 3.12. The van der Waals surface area contributed by atoms with Gasteiger partial charge in [0, 0.05) is 30.6 Å². The van der Waals surface area contributed by atoms with Crippen molar-refractivity contribution in [1.29, 1.82) is 0 Å². The van der Waals surface area contributed by atoms with Crippen molar-refractivity contribution in [3.05, 3.63) is 18.2 Å². The summed E-state index contributed by atoms with van der Waals surface area (Å²) in [4.78, 5) is 6.35. The van der Waals surface area contributed by atoms with Crippen molar-refractivity contribution in [3.63, 3.8) is 0 Å². The van der Waals surface area contributed by atoms with Crippen LogP contribution in [0.1, 0.15) is 52.8 Å². The van der Waals surface area contributed by atoms with Gasteiger partial charge in [-0.25, -0.2) is 13.8 Å². The number of hydrogen-bond acceptors (Lipinski definition) is 4. The van der Waals surface area contributed by atoms with E-state index in [1.807, 2.05) is 36.4 Å². The summed E-state index contributed by atoms with van der Waals surface area (Å²) in [5.74, 6) is 0.614. The van der Waals surface area contributed by atoms with Crippen molar-refractivity contribution < 1.29 is 13.3 Å². The summed E-state index contributed by atoms with van der Waals surface area (Å²) in [5, 5.41) is 0. The van der Waals surface area contributed by atoms with Crippen LogP contribution in [0.3, 0.4) is 0 Å². The molecule has 0 amide bonds. The molecule has 2 heterocycles. The average molecular weight is 391 g/mol. The molecule has 1 fully saturated rings. The van der Waals surface area contributed by atoms with Gasteiger partial charge in [-0.3, -0.25) is 4.90 Å². The molecule has 150 valence electrons. The minimum absolute atomic E-state index is 0.0878. The molecule has 1 saturated heterocycles. The summed E-state index contributed by atoms with van der Waals surface area (Å²) in [5.41, 5.74) is 0.875. The number of likely N-dealkylation sites (tertiary alicyclic amines) is 1. The number of rotatable bonds is 8. The van der Waals surface area contributed by atoms with Crippen LogP contribution in [0.15, 0.2) is 12.5 Å². The van der Waals surface area contributed by atoms with Gasteiger partial charge in [0.05, 0.1) is 24.6 Å². The van der Waals surface area contributed by atoms with Gasteiger partial charge in [0.1, 0.15) is 4.75 Å². The van der Waals surface area contributed by atoms with E-state index in [4.69, 9.17) is 0 Å². The number of halogens is 2. The number of imidazole rings is 1. The summed E-state index contributed by atoms with van der Waals surface area (Å²) in [7, 11) is 0. The molecule has 2 rings (SSSR count). The Balaban J connectivity index is 1.96. The second-order valence-corrected chi connectivity index (χ2v) is 10.5. The molecular weight excluding hydrogens is 358 g/mol. The molecule has 1 aromatic heterocycles. The van der Waals surface area contributed by atoms with Gasteiger partial charge < -0.3 is 9.12 Å². The molecule has 0 saturated carbocycles. The van der Waals surface area contributed by atoms with Crippen molar-refractivity contribution >= 4 is 11.4 Å². The first kappa shape index (κ1) is 21.6. The van der Waals surface area contributed by atoms with E-state index in [0.717, 1.165) is 25.2 Å². The molecule has 0 spiro atoms. The van der Waals surface area contributed by atoms with Crippen LogP contribution in [0.25, 0.3) is 0 Å². The normalized spacial score (nSPS) is 21.7. The monoisotopic (exact) mass is 390 g/mol. The van der Waals surface area contributed by atoms with Gasteiger partial charge in [-0.2, -0.15) is 0 Å². The molecule has 0 bridgehead atoms. The molecule has 3 atom stereocenters. The highest BCUT2D eigenvalue weighted by Crippen LogP contribution is 2.25. The largest absolute Gasteiger partial charge is 0.598 e. The molecule has 1 aromatic rings. The van der Waals surface area contributed by atoms with Crippen LogP contribution in [-0.2, 0) is 17.9 Å². The summed E-state index contributed by atoms with van der Waals surface area (Å²) >= 11 is -1.17. The Hall–Kier alpha value is -0.700. The van der Waals surface area contributed by atoms with Gasteiger partial charge in [-0.1, -0.05) is 13.8 Å². The maximum atomic E-state index is 12.5. The maximum Gasteiger partial charge on any atom is 0.251 e. The summed E-state index contributed by atoms with van der Waals surface area (Å²) in [6.07, 6.45) is 2.45. The molecule has 26 heavy (non-hydrogen) atoms. The smallest absolute Gasteiger partial charge is 0.251 e. The fourth-order valence-electron chi connectivity index (χ4n) is 3.19. The molecule has 5 nitrogen and oxygen atoms in total. The predicted molar refractivity (Wildman–Crippen MR) is 101 cm³/mol. The number of aromatic nitrogens is 2. The Labute approximate surface area is 158 Å². The van der Waals surface area contributed by atoms with E-state index in [-0.39, 0.29) is 23.3 Å². The Kier molecular flexibility index (Phi) is 7.47. The second kappa shape index (κ2) is 8.99. The summed E-state index contributed by atoms with van der Waals surface area (Å²) < 4.78 is 42.4. The minimum Gasteiger partial charge on any atom is -0.598 e. The van der Waals surface area contributed by atoms with E-state index in [2.05, 4.69) is 23.6 Å². The van der Waals surface area contributed by atoms with Crippen molar-refractivity contribution in [2.24, 2.45) is 11.8 Å². The second-order valence-electron chi connectivity index (χ2n) is 8.52. The zero-order chi connectivity index (χ0) is 19.5. The van der Waals surface area contributed by atoms with E-state index in [0.29, 0.717) is 12.5 Å². The Morgan fingerprint density at radius 3 is 2.65 bits per heavy atom. The first-order chi connectivity index (χ1) is 12.1. The van der Waals surface area contributed by atoms with Crippen LogP contribution in [0.5, 0.6) is 0 Å². The molecule has 0 radical (unpaired) electrons. The number of nitrogens with one attached hydrogen (secondary N) is 1. The first-order valence-corrected chi connectivity index (χ1v) is 10.4. The lowest BCUT2D eigenvalue weighted by Gasteiger charge is -2.28. The van der Waals surface area contributed by atoms with E-state index < -0.39 is 17.8 Å². The molecule has 0 aromatic carbocycles. The number of hydrogen-bond donors (Lipinski definition) is 1. The molecule has 0 aliphatic carbocycles. The first-order valence-electron chi connectivity index (χ1n) is 9.26. The highest BCUT2D eigenvalue weighted by Gasteiger charge is 2.32. The van der Waals surface area contributed by atoms with Gasteiger partial charge in [0.25, 0.3) is 6.43 Å². The van der Waals surface area contributed by atoms with E-state index >= 15 is 0 Å². The van der Waals surface area contributed by atoms with Crippen molar-refractivity contribution in [3.8, 4) is 0 Å². The van der Waals surface area contributed by atoms with Crippen LogP contribution in [0.2, 0.25) is 0 Å². The third kappa shape index (κ3) is 6.18. The van der Waals surface area contributed by atoms with Gasteiger partial charge in [0.15, 0.2) is 0 Å². The van der Waals surface area contributed by atoms with Gasteiger partial charge in [-0.15, -0.1) is 4.72 Å². The number of nitrogens with zero attached hydrogens (tertiary/aromatic N) is 3. The van der Waals surface area contributed by atoms with Gasteiger partial charge >= 0.3 is 0 Å². The summed E-state index contributed by atoms with van der Waals surface area (Å²) in [6.45, 7) is 12.1. The standard InChI is InChI=1S/C18H32F2N4OS/c1-13(2)17(22-26(25)18(3,4)5)15-10-24(12-21-15)9-14-6-7-23(8-14)11-16(19)20/h10,12-14,16-17,22H,6-9,11H2,1-5H3/t14-,17-,26?/m0/s1. The maximum absolute atomic E-state index is 12.5. The molecular formula is C18H32F2N4OS. The lowest BCUT2D eigenvalue weighted by Crippen LogP contribution is -2.42. The molecule has 1 aliphatic heterocycles. The zero-order valence-electron chi connectivity index (χ0n) is 16.4. The van der Waals surface area contributed by atoms with Gasteiger partial charge in [0.2, 0.25) is 0 Å². The molecule has 1 N–H and O–H groups in total. The minimum atomic E-state index is -2.27. The van der Waals surface area contributed by atoms with Crippen LogP contribution in [-0.4, -0.2) is 49.8 Å². The highest BCUT2D eigenvalue weighted by atomic mass is 32.2. The number of alkyl halides is 2. The zero-order valence-corrected chi connectivity index (χ0v) is 17.2. The molecule has 1 aliphatic rings. The summed E-state index contributed by atoms with van der Waals surface area (Å²) in [6, 6.07) is -0.0878. The van der Waals surface area contributed by atoms with E-state index in [1.165, 1.54) is 0 Å².